The first-order valence-electron chi connectivity index (χ1n) is 8.16. The summed E-state index contributed by atoms with van der Waals surface area (Å²) in [5.74, 6) is -0.429. The van der Waals surface area contributed by atoms with Crippen molar-refractivity contribution in [2.24, 2.45) is 5.10 Å². The Balaban J connectivity index is 1.69. The molecule has 0 atom stereocenters. The highest BCUT2D eigenvalue weighted by molar-refractivity contribution is 6.00. The predicted octanol–water partition coefficient (Wildman–Crippen LogP) is 3.45. The van der Waals surface area contributed by atoms with E-state index in [1.807, 2.05) is 31.2 Å². The van der Waals surface area contributed by atoms with Crippen LogP contribution in [-0.2, 0) is 0 Å². The number of non-ortho nitro benzene ring substituents is 1. The maximum atomic E-state index is 12.2. The van der Waals surface area contributed by atoms with Crippen LogP contribution < -0.4 is 5.43 Å². The molecule has 0 bridgehead atoms. The lowest BCUT2D eigenvalue weighted by atomic mass is 10.1. The summed E-state index contributed by atoms with van der Waals surface area (Å²) in [5, 5.41) is 21.6. The molecule has 1 aromatic heterocycles. The van der Waals surface area contributed by atoms with Crippen LogP contribution in [0.5, 0.6) is 0 Å². The number of aromatic amines is 1. The number of carbonyl (C=O) groups excluding carboxylic acids is 1. The lowest BCUT2D eigenvalue weighted by molar-refractivity contribution is -0.384. The average molecular weight is 363 g/mol. The van der Waals surface area contributed by atoms with Gasteiger partial charge in [0, 0.05) is 17.7 Å². The maximum Gasteiger partial charge on any atom is 0.289 e. The third-order valence-electron chi connectivity index (χ3n) is 3.99. The number of carbonyl (C=O) groups is 1. The van der Waals surface area contributed by atoms with Crippen molar-refractivity contribution < 1.29 is 9.72 Å². The molecule has 0 fully saturated rings. The topological polar surface area (TPSA) is 113 Å². The molecule has 3 aromatic rings. The van der Waals surface area contributed by atoms with Crippen LogP contribution in [0.4, 0.5) is 5.69 Å². The second kappa shape index (κ2) is 7.61. The molecule has 2 N–H and O–H groups in total. The number of hydrogen-bond acceptors (Lipinski definition) is 5. The number of aryl methyl sites for hydroxylation is 1. The first-order valence-corrected chi connectivity index (χ1v) is 8.16. The Morgan fingerprint density at radius 2 is 1.81 bits per heavy atom. The third kappa shape index (κ3) is 4.24. The van der Waals surface area contributed by atoms with E-state index in [0.717, 1.165) is 11.1 Å². The fourth-order valence-electron chi connectivity index (χ4n) is 2.39. The monoisotopic (exact) mass is 363 g/mol. The van der Waals surface area contributed by atoms with Crippen molar-refractivity contribution in [3.63, 3.8) is 0 Å². The van der Waals surface area contributed by atoms with Crippen molar-refractivity contribution in [3.05, 3.63) is 81.5 Å². The van der Waals surface area contributed by atoms with Crippen LogP contribution in [0, 0.1) is 17.0 Å². The standard InChI is InChI=1S/C19H17N5O3/c1-12-3-5-15(6-4-12)17-11-18(22-21-17)19(25)23-20-13(2)14-7-9-16(10-8-14)24(26)27/h3-11H,1-2H3,(H,21,22)(H,23,25)/b20-13-. The average Bonchev–Trinajstić information content (AvgIpc) is 3.16. The summed E-state index contributed by atoms with van der Waals surface area (Å²) >= 11 is 0. The van der Waals surface area contributed by atoms with Crippen LogP contribution in [0.2, 0.25) is 0 Å². The number of hydrazone groups is 1. The van der Waals surface area contributed by atoms with Gasteiger partial charge in [-0.2, -0.15) is 10.2 Å². The summed E-state index contributed by atoms with van der Waals surface area (Å²) in [6.45, 7) is 3.70. The smallest absolute Gasteiger partial charge is 0.272 e. The Kier molecular flexibility index (Phi) is 5.07. The zero-order valence-electron chi connectivity index (χ0n) is 14.8. The lowest BCUT2D eigenvalue weighted by Gasteiger charge is -2.01. The Morgan fingerprint density at radius 3 is 2.44 bits per heavy atom. The quantitative estimate of drug-likeness (QED) is 0.410. The molecular weight excluding hydrogens is 346 g/mol. The number of nitrogens with zero attached hydrogens (tertiary/aromatic N) is 3. The number of nitrogens with one attached hydrogen (secondary N) is 2. The molecule has 136 valence electrons. The lowest BCUT2D eigenvalue weighted by Crippen LogP contribution is -2.19. The molecule has 8 heteroatoms. The van der Waals surface area contributed by atoms with Crippen molar-refractivity contribution in [2.75, 3.05) is 0 Å². The third-order valence-corrected chi connectivity index (χ3v) is 3.99. The van der Waals surface area contributed by atoms with Crippen LogP contribution in [-0.4, -0.2) is 26.7 Å². The molecule has 0 aliphatic rings. The first-order chi connectivity index (χ1) is 12.9. The number of aromatic nitrogens is 2. The molecule has 0 aliphatic heterocycles. The van der Waals surface area contributed by atoms with E-state index in [-0.39, 0.29) is 11.4 Å². The van der Waals surface area contributed by atoms with E-state index in [4.69, 9.17) is 0 Å². The number of hydrogen-bond donors (Lipinski definition) is 2. The van der Waals surface area contributed by atoms with E-state index in [1.165, 1.54) is 12.1 Å². The summed E-state index contributed by atoms with van der Waals surface area (Å²) in [6, 6.07) is 15.4. The maximum absolute atomic E-state index is 12.2. The highest BCUT2D eigenvalue weighted by Crippen LogP contribution is 2.18. The molecule has 0 unspecified atom stereocenters. The van der Waals surface area contributed by atoms with Gasteiger partial charge >= 0.3 is 0 Å². The molecule has 8 nitrogen and oxygen atoms in total. The summed E-state index contributed by atoms with van der Waals surface area (Å²) in [7, 11) is 0. The van der Waals surface area contributed by atoms with Crippen LogP contribution in [0.25, 0.3) is 11.3 Å². The number of rotatable bonds is 5. The van der Waals surface area contributed by atoms with E-state index in [0.29, 0.717) is 17.0 Å². The number of nitro benzene ring substituents is 1. The minimum absolute atomic E-state index is 0.00307. The van der Waals surface area contributed by atoms with E-state index in [9.17, 15) is 14.9 Å². The normalized spacial score (nSPS) is 11.3. The van der Waals surface area contributed by atoms with Crippen molar-refractivity contribution in [3.8, 4) is 11.3 Å². The zero-order chi connectivity index (χ0) is 19.4. The van der Waals surface area contributed by atoms with Gasteiger partial charge in [-0.15, -0.1) is 0 Å². The first kappa shape index (κ1) is 18.0. The Labute approximate surface area is 155 Å². The number of amides is 1. The molecule has 0 saturated carbocycles. The minimum Gasteiger partial charge on any atom is -0.272 e. The fourth-order valence-corrected chi connectivity index (χ4v) is 2.39. The minimum atomic E-state index is -0.470. The van der Waals surface area contributed by atoms with Gasteiger partial charge in [0.2, 0.25) is 0 Å². The van der Waals surface area contributed by atoms with Gasteiger partial charge in [0.15, 0.2) is 0 Å². The second-order valence-electron chi connectivity index (χ2n) is 5.98. The van der Waals surface area contributed by atoms with Crippen LogP contribution in [0.3, 0.4) is 0 Å². The molecule has 27 heavy (non-hydrogen) atoms. The van der Waals surface area contributed by atoms with Crippen LogP contribution >= 0.6 is 0 Å². The van der Waals surface area contributed by atoms with Crippen molar-refractivity contribution >= 4 is 17.3 Å². The zero-order valence-corrected chi connectivity index (χ0v) is 14.8. The molecule has 2 aromatic carbocycles. The molecule has 0 aliphatic carbocycles. The SMILES string of the molecule is C/C(=N/NC(=O)c1cc(-c2ccc(C)cc2)n[nH]1)c1ccc([N+](=O)[O-])cc1. The van der Waals surface area contributed by atoms with Gasteiger partial charge in [-0.25, -0.2) is 5.43 Å². The molecule has 1 heterocycles. The van der Waals surface area contributed by atoms with Crippen molar-refractivity contribution in [1.82, 2.24) is 15.6 Å². The molecule has 3 rings (SSSR count). The number of nitro groups is 1. The Morgan fingerprint density at radius 1 is 1.15 bits per heavy atom. The largest absolute Gasteiger partial charge is 0.289 e. The van der Waals surface area contributed by atoms with Gasteiger partial charge in [-0.3, -0.25) is 20.0 Å². The summed E-state index contributed by atoms with van der Waals surface area (Å²) in [5.41, 5.74) is 6.64. The van der Waals surface area contributed by atoms with E-state index in [1.54, 1.807) is 25.1 Å². The van der Waals surface area contributed by atoms with E-state index in [2.05, 4.69) is 20.7 Å². The van der Waals surface area contributed by atoms with Gasteiger partial charge in [0.1, 0.15) is 5.69 Å². The van der Waals surface area contributed by atoms with E-state index < -0.39 is 10.8 Å². The molecule has 0 saturated heterocycles. The van der Waals surface area contributed by atoms with Crippen LogP contribution in [0.1, 0.15) is 28.5 Å². The Bertz CT molecular complexity index is 1000. The van der Waals surface area contributed by atoms with Gasteiger partial charge in [0.05, 0.1) is 16.3 Å². The van der Waals surface area contributed by atoms with Crippen molar-refractivity contribution in [2.45, 2.75) is 13.8 Å². The second-order valence-corrected chi connectivity index (χ2v) is 5.98. The molecule has 0 spiro atoms. The van der Waals surface area contributed by atoms with Crippen molar-refractivity contribution in [1.29, 1.82) is 0 Å². The summed E-state index contributed by atoms with van der Waals surface area (Å²) in [6.07, 6.45) is 0. The van der Waals surface area contributed by atoms with Gasteiger partial charge < -0.3 is 0 Å². The number of H-pyrrole nitrogens is 1. The van der Waals surface area contributed by atoms with Crippen LogP contribution in [0.15, 0.2) is 59.7 Å². The van der Waals surface area contributed by atoms with E-state index >= 15 is 0 Å². The Hall–Kier alpha value is -3.81. The van der Waals surface area contributed by atoms with Gasteiger partial charge in [-0.05, 0) is 37.6 Å². The predicted molar refractivity (Wildman–Crippen MR) is 102 cm³/mol. The number of benzene rings is 2. The summed E-state index contributed by atoms with van der Waals surface area (Å²) in [4.78, 5) is 22.5. The fraction of sp³-hybridized carbons (Fsp3) is 0.105. The molecule has 1 amide bonds. The van der Waals surface area contributed by atoms with Gasteiger partial charge in [-0.1, -0.05) is 29.8 Å². The molecule has 0 radical (unpaired) electrons. The highest BCUT2D eigenvalue weighted by Gasteiger charge is 2.11. The highest BCUT2D eigenvalue weighted by atomic mass is 16.6. The molecular formula is C19H17N5O3. The van der Waals surface area contributed by atoms with Gasteiger partial charge in [0.25, 0.3) is 11.6 Å². The summed E-state index contributed by atoms with van der Waals surface area (Å²) < 4.78 is 0.